The topological polar surface area (TPSA) is 63.7 Å². The zero-order valence-electron chi connectivity index (χ0n) is 7.93. The molecule has 1 fully saturated rings. The Balaban J connectivity index is 2.23. The maximum Gasteiger partial charge on any atom is 0.363 e. The third-order valence-electron chi connectivity index (χ3n) is 2.48. The molecule has 15 heavy (non-hydrogen) atoms. The smallest absolute Gasteiger partial charge is 0.363 e. The lowest BCUT2D eigenvalue weighted by Gasteiger charge is -2.13. The van der Waals surface area contributed by atoms with Crippen LogP contribution in [0.25, 0.3) is 0 Å². The van der Waals surface area contributed by atoms with E-state index in [1.54, 1.807) is 6.08 Å². The van der Waals surface area contributed by atoms with Gasteiger partial charge in [-0.05, 0) is 6.42 Å². The van der Waals surface area contributed by atoms with Gasteiger partial charge in [0.1, 0.15) is 5.70 Å². The van der Waals surface area contributed by atoms with Crippen LogP contribution in [0.4, 0.5) is 0 Å². The van der Waals surface area contributed by atoms with E-state index in [1.807, 2.05) is 0 Å². The van der Waals surface area contributed by atoms with Crippen LogP contribution < -0.4 is 0 Å². The minimum Gasteiger partial charge on any atom is -0.385 e. The van der Waals surface area contributed by atoms with Gasteiger partial charge in [0.25, 0.3) is 0 Å². The first kappa shape index (κ1) is 9.64. The Hall–Kier alpha value is -1.91. The molecular weight excluding hydrogens is 198 g/mol. The highest BCUT2D eigenvalue weighted by atomic mass is 16.6. The largest absolute Gasteiger partial charge is 0.385 e. The fraction of sp³-hybridized carbons (Fsp3) is 0.300. The molecule has 2 aliphatic heterocycles. The first-order valence-corrected chi connectivity index (χ1v) is 4.55. The number of carbonyl (C=O) groups is 3. The number of carbonyl (C=O) groups excluding carboxylic acids is 3. The molecule has 2 rings (SSSR count). The van der Waals surface area contributed by atoms with Gasteiger partial charge in [-0.2, -0.15) is 0 Å². The molecule has 0 aliphatic carbocycles. The van der Waals surface area contributed by atoms with Crippen molar-refractivity contribution in [3.63, 3.8) is 0 Å². The predicted molar refractivity (Wildman–Crippen MR) is 49.2 cm³/mol. The molecule has 0 saturated carbocycles. The average molecular weight is 207 g/mol. The Morgan fingerprint density at radius 3 is 2.67 bits per heavy atom. The van der Waals surface area contributed by atoms with E-state index in [2.05, 4.69) is 11.3 Å². The van der Waals surface area contributed by atoms with Gasteiger partial charge < -0.3 is 9.64 Å². The van der Waals surface area contributed by atoms with Crippen LogP contribution in [0, 0.1) is 5.92 Å². The highest BCUT2D eigenvalue weighted by Crippen LogP contribution is 2.25. The average Bonchev–Trinajstić information content (AvgIpc) is 2.69. The molecule has 1 amide bonds. The van der Waals surface area contributed by atoms with E-state index >= 15 is 0 Å². The maximum atomic E-state index is 11.7. The van der Waals surface area contributed by atoms with Crippen LogP contribution in [0.2, 0.25) is 0 Å². The Morgan fingerprint density at radius 1 is 1.47 bits per heavy atom. The maximum absolute atomic E-state index is 11.7. The third-order valence-corrected chi connectivity index (χ3v) is 2.48. The highest BCUT2D eigenvalue weighted by molar-refractivity contribution is 6.10. The Morgan fingerprint density at radius 2 is 2.20 bits per heavy atom. The second kappa shape index (κ2) is 3.34. The van der Waals surface area contributed by atoms with Crippen molar-refractivity contribution in [3.8, 4) is 0 Å². The molecule has 2 heterocycles. The van der Waals surface area contributed by atoms with Crippen molar-refractivity contribution in [2.45, 2.75) is 6.42 Å². The summed E-state index contributed by atoms with van der Waals surface area (Å²) in [6, 6.07) is 0. The van der Waals surface area contributed by atoms with Crippen molar-refractivity contribution < 1.29 is 19.1 Å². The molecule has 0 spiro atoms. The lowest BCUT2D eigenvalue weighted by Crippen LogP contribution is -2.29. The Kier molecular flexibility index (Phi) is 2.15. The second-order valence-electron chi connectivity index (χ2n) is 3.36. The van der Waals surface area contributed by atoms with Crippen LogP contribution >= 0.6 is 0 Å². The van der Waals surface area contributed by atoms with Crippen LogP contribution in [-0.2, 0) is 19.1 Å². The van der Waals surface area contributed by atoms with E-state index in [4.69, 9.17) is 0 Å². The zero-order chi connectivity index (χ0) is 11.0. The SMILES string of the molecule is C=CC1CCN(C2=CC(=O)OC2=O)C1=O. The van der Waals surface area contributed by atoms with E-state index < -0.39 is 11.9 Å². The summed E-state index contributed by atoms with van der Waals surface area (Å²) in [7, 11) is 0. The fourth-order valence-electron chi connectivity index (χ4n) is 1.69. The van der Waals surface area contributed by atoms with Gasteiger partial charge >= 0.3 is 11.9 Å². The molecular formula is C10H9NO4. The van der Waals surface area contributed by atoms with E-state index in [0.29, 0.717) is 13.0 Å². The number of hydrogen-bond donors (Lipinski definition) is 0. The van der Waals surface area contributed by atoms with Gasteiger partial charge in [-0.1, -0.05) is 6.08 Å². The first-order chi connectivity index (χ1) is 7.13. The van der Waals surface area contributed by atoms with Crippen molar-refractivity contribution in [2.24, 2.45) is 5.92 Å². The van der Waals surface area contributed by atoms with Gasteiger partial charge in [-0.25, -0.2) is 9.59 Å². The quantitative estimate of drug-likeness (QED) is 0.363. The number of hydrogen-bond acceptors (Lipinski definition) is 4. The molecule has 0 radical (unpaired) electrons. The van der Waals surface area contributed by atoms with Crippen molar-refractivity contribution in [1.82, 2.24) is 4.90 Å². The van der Waals surface area contributed by atoms with Crippen LogP contribution in [-0.4, -0.2) is 29.3 Å². The lowest BCUT2D eigenvalue weighted by molar-refractivity contribution is -0.152. The highest BCUT2D eigenvalue weighted by Gasteiger charge is 2.38. The second-order valence-corrected chi connectivity index (χ2v) is 3.36. The summed E-state index contributed by atoms with van der Waals surface area (Å²) in [5, 5.41) is 0. The molecule has 1 saturated heterocycles. The predicted octanol–water partition coefficient (Wildman–Crippen LogP) is -0.0118. The zero-order valence-corrected chi connectivity index (χ0v) is 7.93. The minimum atomic E-state index is -0.752. The molecule has 1 atom stereocenters. The van der Waals surface area contributed by atoms with Crippen molar-refractivity contribution >= 4 is 17.8 Å². The summed E-state index contributed by atoms with van der Waals surface area (Å²) in [6.45, 7) is 3.96. The van der Waals surface area contributed by atoms with Gasteiger partial charge in [-0.3, -0.25) is 4.79 Å². The van der Waals surface area contributed by atoms with Gasteiger partial charge in [0.15, 0.2) is 0 Å². The van der Waals surface area contributed by atoms with Crippen LogP contribution in [0.15, 0.2) is 24.4 Å². The van der Waals surface area contributed by atoms with Gasteiger partial charge in [0, 0.05) is 6.54 Å². The van der Waals surface area contributed by atoms with Crippen LogP contribution in [0.1, 0.15) is 6.42 Å². The Bertz CT molecular complexity index is 396. The number of amides is 1. The molecule has 2 aliphatic rings. The molecule has 0 aromatic heterocycles. The van der Waals surface area contributed by atoms with Crippen molar-refractivity contribution in [1.29, 1.82) is 0 Å². The first-order valence-electron chi connectivity index (χ1n) is 4.55. The number of likely N-dealkylation sites (tertiary alicyclic amines) is 1. The molecule has 0 N–H and O–H groups in total. The number of nitrogens with zero attached hydrogens (tertiary/aromatic N) is 1. The van der Waals surface area contributed by atoms with Crippen LogP contribution in [0.5, 0.6) is 0 Å². The molecule has 0 aromatic rings. The monoisotopic (exact) mass is 207 g/mol. The fourth-order valence-corrected chi connectivity index (χ4v) is 1.69. The van der Waals surface area contributed by atoms with Gasteiger partial charge in [0.05, 0.1) is 12.0 Å². The number of cyclic esters (lactones) is 2. The summed E-state index contributed by atoms with van der Waals surface area (Å²) >= 11 is 0. The number of rotatable bonds is 2. The number of ether oxygens (including phenoxy) is 1. The van der Waals surface area contributed by atoms with Crippen molar-refractivity contribution in [3.05, 3.63) is 24.4 Å². The molecule has 78 valence electrons. The number of esters is 2. The lowest BCUT2D eigenvalue weighted by atomic mass is 10.1. The summed E-state index contributed by atoms with van der Waals surface area (Å²) in [5.41, 5.74) is 0.0364. The summed E-state index contributed by atoms with van der Waals surface area (Å²) in [6.07, 6.45) is 3.21. The summed E-state index contributed by atoms with van der Waals surface area (Å²) in [4.78, 5) is 34.9. The van der Waals surface area contributed by atoms with E-state index in [-0.39, 0.29) is 17.5 Å². The van der Waals surface area contributed by atoms with Crippen LogP contribution in [0.3, 0.4) is 0 Å². The van der Waals surface area contributed by atoms with Crippen molar-refractivity contribution in [2.75, 3.05) is 6.54 Å². The molecule has 0 bridgehead atoms. The Labute approximate surface area is 86.0 Å². The summed E-state index contributed by atoms with van der Waals surface area (Å²) in [5.74, 6) is -1.94. The minimum absolute atomic E-state index is 0.0364. The third kappa shape index (κ3) is 1.45. The summed E-state index contributed by atoms with van der Waals surface area (Å²) < 4.78 is 4.31. The van der Waals surface area contributed by atoms with Gasteiger partial charge in [-0.15, -0.1) is 6.58 Å². The molecule has 0 aromatic carbocycles. The standard InChI is InChI=1S/C10H9NO4/c1-2-6-3-4-11(9(6)13)7-5-8(12)15-10(7)14/h2,5-6H,1,3-4H2. The molecule has 5 heteroatoms. The van der Waals surface area contributed by atoms with E-state index in [9.17, 15) is 14.4 Å². The molecule has 1 unspecified atom stereocenters. The van der Waals surface area contributed by atoms with E-state index in [0.717, 1.165) is 6.08 Å². The molecule has 5 nitrogen and oxygen atoms in total. The van der Waals surface area contributed by atoms with E-state index in [1.165, 1.54) is 4.90 Å². The normalized spacial score (nSPS) is 25.6. The van der Waals surface area contributed by atoms with Gasteiger partial charge in [0.2, 0.25) is 5.91 Å².